The van der Waals surface area contributed by atoms with Crippen LogP contribution in [-0.2, 0) is 0 Å². The highest BCUT2D eigenvalue weighted by Crippen LogP contribution is 2.19. The van der Waals surface area contributed by atoms with Gasteiger partial charge in [0.15, 0.2) is 0 Å². The van der Waals surface area contributed by atoms with E-state index in [4.69, 9.17) is 0 Å². The number of benzene rings is 1. The fourth-order valence-electron chi connectivity index (χ4n) is 1.86. The molecule has 1 aliphatic carbocycles. The lowest BCUT2D eigenvalue weighted by Crippen LogP contribution is -2.33. The number of hydrogen-bond acceptors (Lipinski definition) is 6. The fraction of sp³-hybridized carbons (Fsp3) is 0. The lowest BCUT2D eigenvalue weighted by molar-refractivity contribution is 1.19. The van der Waals surface area contributed by atoms with Crippen LogP contribution in [-0.4, -0.2) is 9.97 Å². The Bertz CT molecular complexity index is 955. The van der Waals surface area contributed by atoms with Gasteiger partial charge in [-0.25, -0.2) is 4.98 Å². The van der Waals surface area contributed by atoms with Crippen molar-refractivity contribution >= 4 is 10.9 Å². The maximum atomic E-state index is 11.8. The predicted molar refractivity (Wildman–Crippen MR) is 63.6 cm³/mol. The molecule has 0 aromatic carbocycles. The highest BCUT2D eigenvalue weighted by atomic mass is 16.2. The molecule has 0 bridgehead atoms. The standard InChI is InChI=1S/C12H4N2O4/c15-7-4-6-8(14-12(7)18)5-2-1-3-13-9(5)11(17)10(6)16/h1-4H. The third-order valence-corrected chi connectivity index (χ3v) is 2.68. The molecule has 2 aliphatic rings. The highest BCUT2D eigenvalue weighted by molar-refractivity contribution is 5.93. The summed E-state index contributed by atoms with van der Waals surface area (Å²) in [7, 11) is 0. The summed E-state index contributed by atoms with van der Waals surface area (Å²) in [4.78, 5) is 53.3. The second kappa shape index (κ2) is 3.36. The van der Waals surface area contributed by atoms with E-state index in [2.05, 4.69) is 9.97 Å². The molecule has 18 heavy (non-hydrogen) atoms. The Labute approximate surface area is 98.2 Å². The van der Waals surface area contributed by atoms with Gasteiger partial charge in [0.2, 0.25) is 10.9 Å². The van der Waals surface area contributed by atoms with E-state index in [0.29, 0.717) is 5.39 Å². The summed E-state index contributed by atoms with van der Waals surface area (Å²) < 4.78 is 0. The van der Waals surface area contributed by atoms with Gasteiger partial charge in [-0.2, -0.15) is 0 Å². The first-order valence-corrected chi connectivity index (χ1v) is 5.03. The van der Waals surface area contributed by atoms with Crippen molar-refractivity contribution in [3.8, 4) is 11.3 Å². The predicted octanol–water partition coefficient (Wildman–Crippen LogP) is -0.949. The first-order chi connectivity index (χ1) is 8.59. The Kier molecular flexibility index (Phi) is 1.94. The van der Waals surface area contributed by atoms with Gasteiger partial charge in [-0.15, -0.1) is 0 Å². The summed E-state index contributed by atoms with van der Waals surface area (Å²) in [6, 6.07) is 3.95. The SMILES string of the molecule is O=c1cc2c(=O)c(=O)c3ncccc3c-2nc1=O. The van der Waals surface area contributed by atoms with Crippen LogP contribution in [0.1, 0.15) is 0 Å². The van der Waals surface area contributed by atoms with Crippen molar-refractivity contribution in [2.45, 2.75) is 0 Å². The summed E-state index contributed by atoms with van der Waals surface area (Å²) in [5, 5.41) is 0.300. The largest absolute Gasteiger partial charge is 0.318 e. The Hall–Kier alpha value is -2.76. The van der Waals surface area contributed by atoms with Crippen LogP contribution in [0.4, 0.5) is 0 Å². The van der Waals surface area contributed by atoms with E-state index in [1.54, 1.807) is 6.07 Å². The molecule has 0 saturated heterocycles. The van der Waals surface area contributed by atoms with E-state index < -0.39 is 21.8 Å². The van der Waals surface area contributed by atoms with Crippen molar-refractivity contribution in [1.29, 1.82) is 0 Å². The van der Waals surface area contributed by atoms with Crippen molar-refractivity contribution in [3.05, 3.63) is 65.4 Å². The average molecular weight is 240 g/mol. The van der Waals surface area contributed by atoms with Gasteiger partial charge in [0.1, 0.15) is 5.52 Å². The third kappa shape index (κ3) is 1.22. The zero-order chi connectivity index (χ0) is 12.9. The van der Waals surface area contributed by atoms with Gasteiger partial charge in [0.25, 0.3) is 5.43 Å². The van der Waals surface area contributed by atoms with Crippen molar-refractivity contribution in [3.63, 3.8) is 0 Å². The zero-order valence-corrected chi connectivity index (χ0v) is 8.84. The molecule has 6 nitrogen and oxygen atoms in total. The van der Waals surface area contributed by atoms with Crippen LogP contribution in [0, 0.1) is 0 Å². The second-order valence-corrected chi connectivity index (χ2v) is 3.75. The molecule has 0 spiro atoms. The van der Waals surface area contributed by atoms with E-state index in [1.807, 2.05) is 0 Å². The van der Waals surface area contributed by atoms with Gasteiger partial charge in [-0.3, -0.25) is 24.2 Å². The number of nitrogens with zero attached hydrogens (tertiary/aromatic N) is 2. The van der Waals surface area contributed by atoms with Gasteiger partial charge >= 0.3 is 5.56 Å². The van der Waals surface area contributed by atoms with E-state index in [1.165, 1.54) is 12.3 Å². The minimum Gasteiger partial charge on any atom is -0.285 e. The van der Waals surface area contributed by atoms with Gasteiger partial charge in [0.05, 0.1) is 11.3 Å². The number of aromatic nitrogens is 2. The molecule has 0 N–H and O–H groups in total. The maximum absolute atomic E-state index is 11.8. The minimum absolute atomic E-state index is 0.0412. The van der Waals surface area contributed by atoms with Gasteiger partial charge < -0.3 is 0 Å². The molecule has 0 fully saturated rings. The van der Waals surface area contributed by atoms with Gasteiger partial charge in [-0.05, 0) is 12.1 Å². The van der Waals surface area contributed by atoms with Crippen LogP contribution in [0.3, 0.4) is 0 Å². The first kappa shape index (κ1) is 10.4. The quantitative estimate of drug-likeness (QED) is 0.371. The van der Waals surface area contributed by atoms with Crippen LogP contribution in [0.25, 0.3) is 22.2 Å². The molecule has 0 unspecified atom stereocenters. The topological polar surface area (TPSA) is 94.1 Å². The van der Waals surface area contributed by atoms with Crippen molar-refractivity contribution in [1.82, 2.24) is 9.97 Å². The molecule has 0 saturated carbocycles. The Morgan fingerprint density at radius 1 is 1.00 bits per heavy atom. The molecular weight excluding hydrogens is 236 g/mol. The second-order valence-electron chi connectivity index (χ2n) is 3.75. The van der Waals surface area contributed by atoms with Crippen LogP contribution in [0.2, 0.25) is 0 Å². The molecule has 6 heteroatoms. The first-order valence-electron chi connectivity index (χ1n) is 5.03. The monoisotopic (exact) mass is 240 g/mol. The molecule has 1 aromatic rings. The molecule has 0 amide bonds. The number of pyridine rings is 2. The van der Waals surface area contributed by atoms with E-state index >= 15 is 0 Å². The van der Waals surface area contributed by atoms with E-state index in [0.717, 1.165) is 6.07 Å². The molecule has 1 aliphatic heterocycles. The highest BCUT2D eigenvalue weighted by Gasteiger charge is 2.19. The van der Waals surface area contributed by atoms with E-state index in [-0.39, 0.29) is 16.8 Å². The average Bonchev–Trinajstić information content (AvgIpc) is 2.38. The minimum atomic E-state index is -0.953. The van der Waals surface area contributed by atoms with Crippen LogP contribution >= 0.6 is 0 Å². The van der Waals surface area contributed by atoms with Crippen molar-refractivity contribution < 1.29 is 0 Å². The Balaban J connectivity index is 2.79. The lowest BCUT2D eigenvalue weighted by atomic mass is 10.0. The van der Waals surface area contributed by atoms with Crippen LogP contribution in [0.15, 0.2) is 43.6 Å². The Morgan fingerprint density at radius 2 is 1.78 bits per heavy atom. The fourth-order valence-corrected chi connectivity index (χ4v) is 1.86. The third-order valence-electron chi connectivity index (χ3n) is 2.68. The summed E-state index contributed by atoms with van der Waals surface area (Å²) in [6.07, 6.45) is 1.37. The summed E-state index contributed by atoms with van der Waals surface area (Å²) in [5.41, 5.74) is -3.63. The number of fused-ring (bicyclic) bond motifs is 3. The smallest absolute Gasteiger partial charge is 0.285 e. The van der Waals surface area contributed by atoms with Crippen molar-refractivity contribution in [2.75, 3.05) is 0 Å². The van der Waals surface area contributed by atoms with Crippen LogP contribution in [0.5, 0.6) is 0 Å². The lowest BCUT2D eigenvalue weighted by Gasteiger charge is -2.03. The maximum Gasteiger partial charge on any atom is 0.318 e. The molecule has 86 valence electrons. The summed E-state index contributed by atoms with van der Waals surface area (Å²) in [5.74, 6) is 0. The van der Waals surface area contributed by atoms with Crippen molar-refractivity contribution in [2.24, 2.45) is 0 Å². The van der Waals surface area contributed by atoms with E-state index in [9.17, 15) is 19.2 Å². The zero-order valence-electron chi connectivity index (χ0n) is 8.84. The molecule has 1 aromatic heterocycles. The molecular formula is C12H4N2O4. The molecule has 0 radical (unpaired) electrons. The molecule has 0 atom stereocenters. The normalized spacial score (nSPS) is 11.1. The summed E-state index contributed by atoms with van der Waals surface area (Å²) in [6.45, 7) is 0. The van der Waals surface area contributed by atoms with Gasteiger partial charge in [-0.1, -0.05) is 0 Å². The number of hydrogen-bond donors (Lipinski definition) is 0. The van der Waals surface area contributed by atoms with Gasteiger partial charge in [0, 0.05) is 17.6 Å². The van der Waals surface area contributed by atoms with Crippen LogP contribution < -0.4 is 21.8 Å². The molecule has 3 rings (SSSR count). The summed E-state index contributed by atoms with van der Waals surface area (Å²) >= 11 is 0. The Morgan fingerprint density at radius 3 is 2.56 bits per heavy atom. The molecule has 2 heterocycles. The number of rotatable bonds is 0.